The van der Waals surface area contributed by atoms with Crippen molar-refractivity contribution in [1.82, 2.24) is 15.5 Å². The lowest BCUT2D eigenvalue weighted by atomic mass is 9.99. The predicted octanol–water partition coefficient (Wildman–Crippen LogP) is 4.44. The van der Waals surface area contributed by atoms with E-state index in [0.29, 0.717) is 17.8 Å². The highest BCUT2D eigenvalue weighted by atomic mass is 79.9. The molecule has 0 bridgehead atoms. The zero-order chi connectivity index (χ0) is 14.5. The summed E-state index contributed by atoms with van der Waals surface area (Å²) in [6.45, 7) is 7.50. The van der Waals surface area contributed by atoms with E-state index in [4.69, 9.17) is 4.52 Å². The van der Waals surface area contributed by atoms with Crippen LogP contribution >= 0.6 is 27.3 Å². The first kappa shape index (κ1) is 15.7. The van der Waals surface area contributed by atoms with Gasteiger partial charge in [0.2, 0.25) is 11.7 Å². The average molecular weight is 358 g/mol. The zero-order valence-electron chi connectivity index (χ0n) is 12.0. The fourth-order valence-electron chi connectivity index (χ4n) is 2.13. The quantitative estimate of drug-likeness (QED) is 0.795. The van der Waals surface area contributed by atoms with Crippen molar-refractivity contribution in [1.29, 1.82) is 0 Å². The number of nitrogens with zero attached hydrogens (tertiary/aromatic N) is 2. The van der Waals surface area contributed by atoms with Crippen molar-refractivity contribution in [3.63, 3.8) is 0 Å². The molecule has 0 saturated heterocycles. The topological polar surface area (TPSA) is 51.0 Å². The summed E-state index contributed by atoms with van der Waals surface area (Å²) in [5, 5.41) is 7.63. The van der Waals surface area contributed by atoms with Gasteiger partial charge in [0.1, 0.15) is 0 Å². The summed E-state index contributed by atoms with van der Waals surface area (Å²) >= 11 is 5.06. The van der Waals surface area contributed by atoms with Crippen molar-refractivity contribution < 1.29 is 4.52 Å². The Kier molecular flexibility index (Phi) is 5.74. The van der Waals surface area contributed by atoms with Gasteiger partial charge in [0.15, 0.2) is 0 Å². The van der Waals surface area contributed by atoms with Crippen molar-refractivity contribution in [3.05, 3.63) is 21.8 Å². The van der Waals surface area contributed by atoms with Crippen LogP contribution in [0.1, 0.15) is 45.4 Å². The number of nitrogens with one attached hydrogen (secondary N) is 1. The molecule has 0 aliphatic carbocycles. The van der Waals surface area contributed by atoms with E-state index in [1.165, 1.54) is 0 Å². The molecule has 2 heterocycles. The minimum atomic E-state index is 0.219. The molecule has 2 atom stereocenters. The zero-order valence-corrected chi connectivity index (χ0v) is 14.4. The molecule has 1 N–H and O–H groups in total. The lowest BCUT2D eigenvalue weighted by molar-refractivity contribution is 0.319. The van der Waals surface area contributed by atoms with Crippen molar-refractivity contribution in [3.8, 4) is 10.7 Å². The van der Waals surface area contributed by atoms with Gasteiger partial charge in [0.25, 0.3) is 0 Å². The molecule has 2 unspecified atom stereocenters. The van der Waals surface area contributed by atoms with Gasteiger partial charge in [-0.15, -0.1) is 11.3 Å². The van der Waals surface area contributed by atoms with Gasteiger partial charge in [-0.1, -0.05) is 25.9 Å². The minimum absolute atomic E-state index is 0.219. The Hall–Kier alpha value is -0.720. The molecule has 0 fully saturated rings. The molecule has 0 aromatic carbocycles. The normalized spacial score (nSPS) is 14.4. The highest BCUT2D eigenvalue weighted by molar-refractivity contribution is 9.11. The Balaban J connectivity index is 2.10. The molecule has 110 valence electrons. The standard InChI is InChI=1S/C14H20BrN3OS/c1-4-8-16-10(5-2)9(3)14-17-13(18-19-14)11-6-7-12(15)20-11/h6-7,9-10,16H,4-5,8H2,1-3H3. The van der Waals surface area contributed by atoms with Gasteiger partial charge in [-0.2, -0.15) is 4.98 Å². The predicted molar refractivity (Wildman–Crippen MR) is 86.1 cm³/mol. The number of hydrogen-bond acceptors (Lipinski definition) is 5. The van der Waals surface area contributed by atoms with Crippen LogP contribution in [0.4, 0.5) is 0 Å². The second kappa shape index (κ2) is 7.33. The molecule has 0 amide bonds. The van der Waals surface area contributed by atoms with Gasteiger partial charge >= 0.3 is 0 Å². The molecule has 0 radical (unpaired) electrons. The van der Waals surface area contributed by atoms with Crippen LogP contribution in [0.5, 0.6) is 0 Å². The highest BCUT2D eigenvalue weighted by Gasteiger charge is 2.23. The third kappa shape index (κ3) is 3.68. The molecule has 0 aliphatic heterocycles. The molecular formula is C14H20BrN3OS. The molecule has 2 aromatic heterocycles. The first-order valence-corrected chi connectivity index (χ1v) is 8.59. The van der Waals surface area contributed by atoms with E-state index in [9.17, 15) is 0 Å². The van der Waals surface area contributed by atoms with Crippen LogP contribution in [0.3, 0.4) is 0 Å². The summed E-state index contributed by atoms with van der Waals surface area (Å²) < 4.78 is 6.52. The molecule has 20 heavy (non-hydrogen) atoms. The summed E-state index contributed by atoms with van der Waals surface area (Å²) in [6.07, 6.45) is 2.17. The van der Waals surface area contributed by atoms with Crippen LogP contribution in [0.15, 0.2) is 20.4 Å². The van der Waals surface area contributed by atoms with Crippen LogP contribution in [0.2, 0.25) is 0 Å². The number of aromatic nitrogens is 2. The fourth-order valence-corrected chi connectivity index (χ4v) is 3.44. The second-order valence-electron chi connectivity index (χ2n) is 4.82. The molecule has 6 heteroatoms. The van der Waals surface area contributed by atoms with Crippen molar-refractivity contribution in [2.75, 3.05) is 6.54 Å². The third-order valence-electron chi connectivity index (χ3n) is 3.32. The van der Waals surface area contributed by atoms with Gasteiger partial charge < -0.3 is 9.84 Å². The summed E-state index contributed by atoms with van der Waals surface area (Å²) in [6, 6.07) is 4.37. The summed E-state index contributed by atoms with van der Waals surface area (Å²) in [4.78, 5) is 5.56. The van der Waals surface area contributed by atoms with Crippen molar-refractivity contribution in [2.24, 2.45) is 0 Å². The average Bonchev–Trinajstić information content (AvgIpc) is 3.07. The van der Waals surface area contributed by atoms with Crippen LogP contribution in [-0.4, -0.2) is 22.7 Å². The van der Waals surface area contributed by atoms with Gasteiger partial charge in [-0.3, -0.25) is 0 Å². The lowest BCUT2D eigenvalue weighted by Gasteiger charge is -2.20. The maximum Gasteiger partial charge on any atom is 0.231 e. The molecular weight excluding hydrogens is 338 g/mol. The Labute approximate surface area is 132 Å². The summed E-state index contributed by atoms with van der Waals surface area (Å²) in [5.74, 6) is 1.60. The van der Waals surface area contributed by atoms with E-state index in [1.807, 2.05) is 12.1 Å². The van der Waals surface area contributed by atoms with Crippen LogP contribution in [-0.2, 0) is 0 Å². The third-order valence-corrected chi connectivity index (χ3v) is 4.94. The van der Waals surface area contributed by atoms with E-state index >= 15 is 0 Å². The number of thiophene rings is 1. The first-order chi connectivity index (χ1) is 9.65. The van der Waals surface area contributed by atoms with E-state index < -0.39 is 0 Å². The summed E-state index contributed by atoms with van der Waals surface area (Å²) in [5.41, 5.74) is 0. The Morgan fingerprint density at radius 3 is 2.80 bits per heavy atom. The van der Waals surface area contributed by atoms with E-state index in [-0.39, 0.29) is 5.92 Å². The van der Waals surface area contributed by atoms with Crippen LogP contribution in [0, 0.1) is 0 Å². The van der Waals surface area contributed by atoms with Crippen molar-refractivity contribution >= 4 is 27.3 Å². The van der Waals surface area contributed by atoms with Crippen molar-refractivity contribution in [2.45, 2.75) is 45.6 Å². The molecule has 0 aliphatic rings. The number of halogens is 1. The highest BCUT2D eigenvalue weighted by Crippen LogP contribution is 2.30. The van der Waals surface area contributed by atoms with Crippen LogP contribution in [0.25, 0.3) is 10.7 Å². The smallest absolute Gasteiger partial charge is 0.231 e. The van der Waals surface area contributed by atoms with Gasteiger partial charge in [-0.05, 0) is 47.4 Å². The van der Waals surface area contributed by atoms with Crippen LogP contribution < -0.4 is 5.32 Å². The molecule has 0 saturated carbocycles. The van der Waals surface area contributed by atoms with Gasteiger partial charge in [-0.25, -0.2) is 0 Å². The monoisotopic (exact) mass is 357 g/mol. The van der Waals surface area contributed by atoms with E-state index in [2.05, 4.69) is 52.2 Å². The Morgan fingerprint density at radius 2 is 2.20 bits per heavy atom. The molecule has 4 nitrogen and oxygen atoms in total. The maximum atomic E-state index is 5.44. The van der Waals surface area contributed by atoms with E-state index in [0.717, 1.165) is 28.0 Å². The van der Waals surface area contributed by atoms with Gasteiger partial charge in [0.05, 0.1) is 14.6 Å². The van der Waals surface area contributed by atoms with Gasteiger partial charge in [0, 0.05) is 6.04 Å². The second-order valence-corrected chi connectivity index (χ2v) is 7.28. The fraction of sp³-hybridized carbons (Fsp3) is 0.571. The largest absolute Gasteiger partial charge is 0.339 e. The summed E-state index contributed by atoms with van der Waals surface area (Å²) in [7, 11) is 0. The molecule has 2 aromatic rings. The molecule has 2 rings (SSSR count). The SMILES string of the molecule is CCCNC(CC)C(C)c1nc(-c2ccc(Br)s2)no1. The molecule has 0 spiro atoms. The minimum Gasteiger partial charge on any atom is -0.339 e. The van der Waals surface area contributed by atoms with E-state index in [1.54, 1.807) is 11.3 Å². The number of hydrogen-bond donors (Lipinski definition) is 1. The Morgan fingerprint density at radius 1 is 1.40 bits per heavy atom. The number of rotatable bonds is 7. The lowest BCUT2D eigenvalue weighted by Crippen LogP contribution is -2.33. The Bertz CT molecular complexity index is 540. The first-order valence-electron chi connectivity index (χ1n) is 6.98. The maximum absolute atomic E-state index is 5.44.